The van der Waals surface area contributed by atoms with Crippen molar-refractivity contribution < 1.29 is 13.9 Å². The summed E-state index contributed by atoms with van der Waals surface area (Å²) >= 11 is 0. The Morgan fingerprint density at radius 1 is 1.15 bits per heavy atom. The van der Waals surface area contributed by atoms with Crippen LogP contribution in [0.4, 0.5) is 14.9 Å². The van der Waals surface area contributed by atoms with Gasteiger partial charge in [0.1, 0.15) is 23.4 Å². The molecule has 6 nitrogen and oxygen atoms in total. The summed E-state index contributed by atoms with van der Waals surface area (Å²) < 4.78 is 20.2. The molecule has 0 fully saturated rings. The van der Waals surface area contributed by atoms with E-state index in [-0.39, 0.29) is 5.82 Å². The highest BCUT2D eigenvalue weighted by Crippen LogP contribution is 2.21. The molecule has 134 valence electrons. The zero-order valence-corrected chi connectivity index (χ0v) is 14.4. The third-order valence-electron chi connectivity index (χ3n) is 3.94. The minimum Gasteiger partial charge on any atom is -0.497 e. The smallest absolute Gasteiger partial charge is 0.320 e. The van der Waals surface area contributed by atoms with E-state index in [0.717, 1.165) is 5.56 Å². The molecule has 2 amide bonds. The highest BCUT2D eigenvalue weighted by Gasteiger charge is 2.21. The summed E-state index contributed by atoms with van der Waals surface area (Å²) in [5.74, 6) is 1.00. The number of aromatic nitrogens is 2. The third-order valence-corrected chi connectivity index (χ3v) is 3.94. The number of hydrogen-bond acceptors (Lipinski definition) is 3. The number of urea groups is 1. The number of ether oxygens (including phenoxy) is 1. The first kappa shape index (κ1) is 17.5. The number of amides is 2. The average molecular weight is 354 g/mol. The summed E-state index contributed by atoms with van der Waals surface area (Å²) in [7, 11) is 3.41. The van der Waals surface area contributed by atoms with Crippen molar-refractivity contribution in [1.29, 1.82) is 0 Å². The molecule has 1 heterocycles. The predicted octanol–water partition coefficient (Wildman–Crippen LogP) is 3.48. The molecule has 2 aromatic carbocycles. The SMILES string of the molecule is COc1ccc(NC(=O)NC(c2ccc(F)cc2)c2nccn2C)cc1. The van der Waals surface area contributed by atoms with Crippen LogP contribution >= 0.6 is 0 Å². The van der Waals surface area contributed by atoms with Crippen molar-refractivity contribution in [1.82, 2.24) is 14.9 Å². The summed E-state index contributed by atoms with van der Waals surface area (Å²) in [6.45, 7) is 0. The molecule has 0 radical (unpaired) electrons. The molecule has 0 saturated carbocycles. The number of imidazole rings is 1. The van der Waals surface area contributed by atoms with E-state index in [1.807, 2.05) is 11.6 Å². The molecule has 1 atom stereocenters. The first-order chi connectivity index (χ1) is 12.6. The summed E-state index contributed by atoms with van der Waals surface area (Å²) in [6.07, 6.45) is 3.43. The van der Waals surface area contributed by atoms with Gasteiger partial charge in [-0.15, -0.1) is 0 Å². The van der Waals surface area contributed by atoms with Crippen molar-refractivity contribution in [2.45, 2.75) is 6.04 Å². The molecule has 0 saturated heterocycles. The molecule has 0 spiro atoms. The van der Waals surface area contributed by atoms with Crippen LogP contribution in [0.3, 0.4) is 0 Å². The summed E-state index contributed by atoms with van der Waals surface area (Å²) in [5, 5.41) is 5.66. The molecule has 3 rings (SSSR count). The second-order valence-corrected chi connectivity index (χ2v) is 5.71. The highest BCUT2D eigenvalue weighted by atomic mass is 19.1. The minimum absolute atomic E-state index is 0.338. The maximum atomic E-state index is 13.3. The lowest BCUT2D eigenvalue weighted by Gasteiger charge is -2.19. The summed E-state index contributed by atoms with van der Waals surface area (Å²) in [6, 6.07) is 12.0. The standard InChI is InChI=1S/C19H19FN4O2/c1-24-12-11-21-18(24)17(13-3-5-14(20)6-4-13)23-19(25)22-15-7-9-16(26-2)10-8-15/h3-12,17H,1-2H3,(H2,22,23,25). The Kier molecular flexibility index (Phi) is 5.17. The van der Waals surface area contributed by atoms with E-state index in [0.29, 0.717) is 17.3 Å². The number of rotatable bonds is 5. The second-order valence-electron chi connectivity index (χ2n) is 5.71. The van der Waals surface area contributed by atoms with Gasteiger partial charge in [0.25, 0.3) is 0 Å². The number of carbonyl (C=O) groups excluding carboxylic acids is 1. The molecule has 0 aliphatic carbocycles. The van der Waals surface area contributed by atoms with Gasteiger partial charge in [0.15, 0.2) is 0 Å². The Bertz CT molecular complexity index is 875. The number of aryl methyl sites for hydroxylation is 1. The van der Waals surface area contributed by atoms with Crippen LogP contribution in [-0.4, -0.2) is 22.7 Å². The fourth-order valence-electron chi connectivity index (χ4n) is 2.58. The van der Waals surface area contributed by atoms with Crippen molar-refractivity contribution >= 4 is 11.7 Å². The van der Waals surface area contributed by atoms with Crippen LogP contribution in [0.15, 0.2) is 60.9 Å². The van der Waals surface area contributed by atoms with Gasteiger partial charge >= 0.3 is 6.03 Å². The summed E-state index contributed by atoms with van der Waals surface area (Å²) in [5.41, 5.74) is 1.35. The van der Waals surface area contributed by atoms with Gasteiger partial charge in [-0.25, -0.2) is 14.2 Å². The second kappa shape index (κ2) is 7.69. The quantitative estimate of drug-likeness (QED) is 0.737. The Labute approximate surface area is 150 Å². The maximum Gasteiger partial charge on any atom is 0.320 e. The molecule has 1 aromatic heterocycles. The van der Waals surface area contributed by atoms with Gasteiger partial charge in [0, 0.05) is 25.1 Å². The molecule has 2 N–H and O–H groups in total. The van der Waals surface area contributed by atoms with Gasteiger partial charge in [-0.3, -0.25) is 0 Å². The first-order valence-electron chi connectivity index (χ1n) is 8.01. The molecule has 3 aromatic rings. The Morgan fingerprint density at radius 2 is 1.85 bits per heavy atom. The lowest BCUT2D eigenvalue weighted by atomic mass is 10.1. The van der Waals surface area contributed by atoms with Crippen molar-refractivity contribution in [3.63, 3.8) is 0 Å². The van der Waals surface area contributed by atoms with E-state index < -0.39 is 12.1 Å². The largest absolute Gasteiger partial charge is 0.497 e. The molecule has 0 aliphatic heterocycles. The predicted molar refractivity (Wildman–Crippen MR) is 96.6 cm³/mol. The number of benzene rings is 2. The van der Waals surface area contributed by atoms with Crippen LogP contribution in [-0.2, 0) is 7.05 Å². The fraction of sp³-hybridized carbons (Fsp3) is 0.158. The Morgan fingerprint density at radius 3 is 2.42 bits per heavy atom. The molecular formula is C19H19FN4O2. The normalized spacial score (nSPS) is 11.7. The van der Waals surface area contributed by atoms with Crippen LogP contribution in [0.25, 0.3) is 0 Å². The van der Waals surface area contributed by atoms with Crippen molar-refractivity contribution in [2.75, 3.05) is 12.4 Å². The van der Waals surface area contributed by atoms with Gasteiger partial charge in [0.2, 0.25) is 0 Å². The number of carbonyl (C=O) groups is 1. The van der Waals surface area contributed by atoms with Crippen LogP contribution in [0.1, 0.15) is 17.4 Å². The maximum absolute atomic E-state index is 13.3. The van der Waals surface area contributed by atoms with E-state index in [1.165, 1.54) is 12.1 Å². The number of halogens is 1. The number of nitrogens with zero attached hydrogens (tertiary/aromatic N) is 2. The van der Waals surface area contributed by atoms with E-state index >= 15 is 0 Å². The Balaban J connectivity index is 1.79. The fourth-order valence-corrected chi connectivity index (χ4v) is 2.58. The van der Waals surface area contributed by atoms with Crippen molar-refractivity contribution in [3.05, 3.63) is 78.1 Å². The van der Waals surface area contributed by atoms with Crippen molar-refractivity contribution in [2.24, 2.45) is 7.05 Å². The van der Waals surface area contributed by atoms with Gasteiger partial charge in [-0.2, -0.15) is 0 Å². The third kappa shape index (κ3) is 4.00. The lowest BCUT2D eigenvalue weighted by Crippen LogP contribution is -2.34. The van der Waals surface area contributed by atoms with Crippen LogP contribution in [0.5, 0.6) is 5.75 Å². The average Bonchev–Trinajstić information content (AvgIpc) is 3.07. The molecule has 1 unspecified atom stereocenters. The zero-order chi connectivity index (χ0) is 18.5. The monoisotopic (exact) mass is 354 g/mol. The minimum atomic E-state index is -0.520. The van der Waals surface area contributed by atoms with E-state index in [4.69, 9.17) is 4.74 Å². The number of hydrogen-bond donors (Lipinski definition) is 2. The van der Waals surface area contributed by atoms with Gasteiger partial charge in [0.05, 0.1) is 7.11 Å². The van der Waals surface area contributed by atoms with Crippen LogP contribution in [0, 0.1) is 5.82 Å². The van der Waals surface area contributed by atoms with Crippen molar-refractivity contribution in [3.8, 4) is 5.75 Å². The summed E-state index contributed by atoms with van der Waals surface area (Å²) in [4.78, 5) is 16.8. The zero-order valence-electron chi connectivity index (χ0n) is 14.4. The van der Waals surface area contributed by atoms with Gasteiger partial charge in [-0.1, -0.05) is 12.1 Å². The van der Waals surface area contributed by atoms with Crippen LogP contribution < -0.4 is 15.4 Å². The molecule has 0 aliphatic rings. The van der Waals surface area contributed by atoms with Gasteiger partial charge < -0.3 is 19.9 Å². The Hall–Kier alpha value is -3.35. The number of nitrogens with one attached hydrogen (secondary N) is 2. The van der Waals surface area contributed by atoms with E-state index in [1.54, 1.807) is 55.9 Å². The number of anilines is 1. The molecule has 26 heavy (non-hydrogen) atoms. The molecular weight excluding hydrogens is 335 g/mol. The van der Waals surface area contributed by atoms with E-state index in [9.17, 15) is 9.18 Å². The van der Waals surface area contributed by atoms with E-state index in [2.05, 4.69) is 15.6 Å². The van der Waals surface area contributed by atoms with Gasteiger partial charge in [-0.05, 0) is 42.0 Å². The molecule has 7 heteroatoms. The lowest BCUT2D eigenvalue weighted by molar-refractivity contribution is 0.249. The highest BCUT2D eigenvalue weighted by molar-refractivity contribution is 5.89. The van der Waals surface area contributed by atoms with Crippen LogP contribution in [0.2, 0.25) is 0 Å². The topological polar surface area (TPSA) is 68.2 Å². The first-order valence-corrected chi connectivity index (χ1v) is 8.01. The number of methoxy groups -OCH3 is 1. The molecule has 0 bridgehead atoms.